The van der Waals surface area contributed by atoms with E-state index >= 15 is 0 Å². The maximum absolute atomic E-state index is 12.0. The van der Waals surface area contributed by atoms with Crippen LogP contribution in [0.1, 0.15) is 36.0 Å². The fourth-order valence-corrected chi connectivity index (χ4v) is 2.46. The number of benzene rings is 1. The number of carbonyl (C=O) groups is 1. The summed E-state index contributed by atoms with van der Waals surface area (Å²) in [6.07, 6.45) is 4.28. The Bertz CT molecular complexity index is 364. The first-order valence-corrected chi connectivity index (χ1v) is 6.28. The summed E-state index contributed by atoms with van der Waals surface area (Å²) in [5, 5.41) is 12.3. The molecule has 1 aliphatic carbocycles. The van der Waals surface area contributed by atoms with E-state index in [-0.39, 0.29) is 24.5 Å². The number of carbonyl (C=O) groups excluding carboxylic acids is 1. The highest BCUT2D eigenvalue weighted by Crippen LogP contribution is 2.24. The van der Waals surface area contributed by atoms with E-state index in [4.69, 9.17) is 0 Å². The van der Waals surface area contributed by atoms with E-state index in [9.17, 15) is 9.90 Å². The minimum atomic E-state index is -0.0315. The molecule has 0 aliphatic heterocycles. The van der Waals surface area contributed by atoms with E-state index < -0.39 is 0 Å². The Balaban J connectivity index is 1.98. The average molecular weight is 233 g/mol. The summed E-state index contributed by atoms with van der Waals surface area (Å²) >= 11 is 0. The summed E-state index contributed by atoms with van der Waals surface area (Å²) in [5.74, 6) is 0.187. The monoisotopic (exact) mass is 233 g/mol. The van der Waals surface area contributed by atoms with Crippen molar-refractivity contribution >= 4 is 5.91 Å². The van der Waals surface area contributed by atoms with E-state index in [0.29, 0.717) is 5.56 Å². The molecule has 17 heavy (non-hydrogen) atoms. The molecule has 1 saturated carbocycles. The van der Waals surface area contributed by atoms with Crippen molar-refractivity contribution in [2.75, 3.05) is 6.61 Å². The van der Waals surface area contributed by atoms with Crippen LogP contribution in [0.15, 0.2) is 30.3 Å². The van der Waals surface area contributed by atoms with Gasteiger partial charge < -0.3 is 10.4 Å². The quantitative estimate of drug-likeness (QED) is 0.838. The van der Waals surface area contributed by atoms with Gasteiger partial charge in [-0.25, -0.2) is 0 Å². The molecule has 2 rings (SSSR count). The Morgan fingerprint density at radius 1 is 1.24 bits per heavy atom. The number of aliphatic hydroxyl groups excluding tert-OH is 1. The van der Waals surface area contributed by atoms with Gasteiger partial charge in [0, 0.05) is 24.1 Å². The van der Waals surface area contributed by atoms with Gasteiger partial charge in [0.25, 0.3) is 5.91 Å². The van der Waals surface area contributed by atoms with Gasteiger partial charge in [0.15, 0.2) is 0 Å². The van der Waals surface area contributed by atoms with Crippen LogP contribution in [-0.2, 0) is 0 Å². The number of hydrogen-bond acceptors (Lipinski definition) is 2. The maximum atomic E-state index is 12.0. The van der Waals surface area contributed by atoms with Crippen LogP contribution >= 0.6 is 0 Å². The molecule has 0 spiro atoms. The third-order valence-electron chi connectivity index (χ3n) is 3.50. The highest BCUT2D eigenvalue weighted by atomic mass is 16.3. The topological polar surface area (TPSA) is 49.3 Å². The first kappa shape index (κ1) is 12.1. The van der Waals surface area contributed by atoms with Gasteiger partial charge in [-0.05, 0) is 25.0 Å². The summed E-state index contributed by atoms with van der Waals surface area (Å²) in [4.78, 5) is 12.0. The largest absolute Gasteiger partial charge is 0.396 e. The lowest BCUT2D eigenvalue weighted by Crippen LogP contribution is -2.43. The van der Waals surface area contributed by atoms with Gasteiger partial charge in [0.1, 0.15) is 0 Å². The van der Waals surface area contributed by atoms with Crippen molar-refractivity contribution < 1.29 is 9.90 Å². The molecule has 1 fully saturated rings. The number of rotatable bonds is 3. The molecule has 0 aromatic heterocycles. The van der Waals surface area contributed by atoms with Gasteiger partial charge in [-0.1, -0.05) is 31.0 Å². The van der Waals surface area contributed by atoms with Gasteiger partial charge >= 0.3 is 0 Å². The molecule has 3 heteroatoms. The lowest BCUT2D eigenvalue weighted by Gasteiger charge is -2.30. The zero-order valence-electron chi connectivity index (χ0n) is 9.93. The highest BCUT2D eigenvalue weighted by molar-refractivity contribution is 5.94. The van der Waals surface area contributed by atoms with Crippen molar-refractivity contribution in [1.29, 1.82) is 0 Å². The summed E-state index contributed by atoms with van der Waals surface area (Å²) in [6, 6.07) is 9.37. The van der Waals surface area contributed by atoms with Crippen molar-refractivity contribution in [2.24, 2.45) is 5.92 Å². The van der Waals surface area contributed by atoms with Gasteiger partial charge in [-0.3, -0.25) is 4.79 Å². The first-order chi connectivity index (χ1) is 8.31. The van der Waals surface area contributed by atoms with Crippen LogP contribution < -0.4 is 5.32 Å². The Hall–Kier alpha value is -1.35. The second-order valence-electron chi connectivity index (χ2n) is 4.67. The molecule has 2 N–H and O–H groups in total. The second kappa shape index (κ2) is 5.82. The van der Waals surface area contributed by atoms with Gasteiger partial charge in [0.05, 0.1) is 0 Å². The minimum Gasteiger partial charge on any atom is -0.396 e. The third-order valence-corrected chi connectivity index (χ3v) is 3.50. The first-order valence-electron chi connectivity index (χ1n) is 6.28. The molecule has 0 bridgehead atoms. The van der Waals surface area contributed by atoms with Crippen molar-refractivity contribution in [3.8, 4) is 0 Å². The van der Waals surface area contributed by atoms with E-state index in [1.807, 2.05) is 30.3 Å². The molecule has 1 aromatic carbocycles. The molecule has 2 atom stereocenters. The smallest absolute Gasteiger partial charge is 0.251 e. The van der Waals surface area contributed by atoms with Crippen LogP contribution in [0.5, 0.6) is 0 Å². The Kier molecular flexibility index (Phi) is 4.15. The van der Waals surface area contributed by atoms with Crippen molar-refractivity contribution in [2.45, 2.75) is 31.7 Å². The predicted octanol–water partition coefficient (Wildman–Crippen LogP) is 1.97. The number of amides is 1. The maximum Gasteiger partial charge on any atom is 0.251 e. The lowest BCUT2D eigenvalue weighted by molar-refractivity contribution is 0.0872. The average Bonchev–Trinajstić information content (AvgIpc) is 2.40. The van der Waals surface area contributed by atoms with E-state index in [1.54, 1.807) is 0 Å². The summed E-state index contributed by atoms with van der Waals surface area (Å²) in [6.45, 7) is 0.166. The normalized spacial score (nSPS) is 24.3. The zero-order chi connectivity index (χ0) is 12.1. The second-order valence-corrected chi connectivity index (χ2v) is 4.67. The van der Waals surface area contributed by atoms with Crippen LogP contribution in [0.4, 0.5) is 0 Å². The van der Waals surface area contributed by atoms with Gasteiger partial charge in [-0.2, -0.15) is 0 Å². The molecule has 0 heterocycles. The summed E-state index contributed by atoms with van der Waals surface area (Å²) in [7, 11) is 0. The van der Waals surface area contributed by atoms with E-state index in [1.165, 1.54) is 0 Å². The molecule has 0 radical (unpaired) electrons. The standard InChI is InChI=1S/C14H19NO2/c16-10-12-8-4-5-9-13(12)15-14(17)11-6-2-1-3-7-11/h1-3,6-7,12-13,16H,4-5,8-10H2,(H,15,17)/t12-,13-/m0/s1. The van der Waals surface area contributed by atoms with Crippen molar-refractivity contribution in [1.82, 2.24) is 5.32 Å². The lowest BCUT2D eigenvalue weighted by atomic mass is 9.85. The van der Waals surface area contributed by atoms with Crippen LogP contribution in [0.25, 0.3) is 0 Å². The Morgan fingerprint density at radius 2 is 1.94 bits per heavy atom. The van der Waals surface area contributed by atoms with Crippen molar-refractivity contribution in [3.63, 3.8) is 0 Å². The predicted molar refractivity (Wildman–Crippen MR) is 66.7 cm³/mol. The van der Waals surface area contributed by atoms with Gasteiger partial charge in [0.2, 0.25) is 0 Å². The molecule has 1 aromatic rings. The summed E-state index contributed by atoms with van der Waals surface area (Å²) in [5.41, 5.74) is 0.690. The van der Waals surface area contributed by atoms with Crippen LogP contribution in [-0.4, -0.2) is 23.7 Å². The van der Waals surface area contributed by atoms with Crippen LogP contribution in [0, 0.1) is 5.92 Å². The number of nitrogens with one attached hydrogen (secondary N) is 1. The Morgan fingerprint density at radius 3 is 2.65 bits per heavy atom. The molecule has 0 saturated heterocycles. The number of hydrogen-bond donors (Lipinski definition) is 2. The minimum absolute atomic E-state index is 0.0315. The van der Waals surface area contributed by atoms with Crippen molar-refractivity contribution in [3.05, 3.63) is 35.9 Å². The molecule has 1 aliphatic rings. The third kappa shape index (κ3) is 3.07. The zero-order valence-corrected chi connectivity index (χ0v) is 9.93. The molecular weight excluding hydrogens is 214 g/mol. The molecular formula is C14H19NO2. The fraction of sp³-hybridized carbons (Fsp3) is 0.500. The van der Waals surface area contributed by atoms with E-state index in [2.05, 4.69) is 5.32 Å². The van der Waals surface area contributed by atoms with E-state index in [0.717, 1.165) is 25.7 Å². The van der Waals surface area contributed by atoms with Gasteiger partial charge in [-0.15, -0.1) is 0 Å². The SMILES string of the molecule is O=C(N[C@H]1CCCC[C@H]1CO)c1ccccc1. The number of aliphatic hydroxyl groups is 1. The Labute approximate surface area is 102 Å². The molecule has 3 nitrogen and oxygen atoms in total. The molecule has 0 unspecified atom stereocenters. The molecule has 1 amide bonds. The van der Waals surface area contributed by atoms with Crippen LogP contribution in [0.3, 0.4) is 0 Å². The van der Waals surface area contributed by atoms with Crippen LogP contribution in [0.2, 0.25) is 0 Å². The fourth-order valence-electron chi connectivity index (χ4n) is 2.46. The molecule has 92 valence electrons. The summed E-state index contributed by atoms with van der Waals surface area (Å²) < 4.78 is 0. The highest BCUT2D eigenvalue weighted by Gasteiger charge is 2.25.